The van der Waals surface area contributed by atoms with Gasteiger partial charge in [0.05, 0.1) is 0 Å². The maximum Gasteiger partial charge on any atom is 0.180 e. The van der Waals surface area contributed by atoms with Gasteiger partial charge in [-0.2, -0.15) is 0 Å². The molecular weight excluding hydrogens is 230 g/mol. The predicted octanol–water partition coefficient (Wildman–Crippen LogP) is 3.13. The van der Waals surface area contributed by atoms with Crippen molar-refractivity contribution in [2.75, 3.05) is 12.8 Å². The van der Waals surface area contributed by atoms with Gasteiger partial charge in [-0.25, -0.2) is 4.98 Å². The Bertz CT molecular complexity index is 344. The molecule has 0 saturated heterocycles. The van der Waals surface area contributed by atoms with Crippen molar-refractivity contribution in [3.8, 4) is 0 Å². The van der Waals surface area contributed by atoms with E-state index in [-0.39, 0.29) is 0 Å². The minimum Gasteiger partial charge on any atom is -0.375 e. The second-order valence-corrected chi connectivity index (χ2v) is 6.37. The summed E-state index contributed by atoms with van der Waals surface area (Å²) in [5, 5.41) is 0.679. The third-order valence-corrected chi connectivity index (χ3v) is 4.82. The number of nitrogens with two attached hydrogens (primary N) is 1. The van der Waals surface area contributed by atoms with Crippen LogP contribution < -0.4 is 5.73 Å². The molecule has 1 atom stereocenters. The average molecular weight is 253 g/mol. The van der Waals surface area contributed by atoms with Crippen molar-refractivity contribution in [2.24, 2.45) is 5.92 Å². The van der Waals surface area contributed by atoms with Gasteiger partial charge in [0.15, 0.2) is 5.13 Å². The molecule has 2 N–H and O–H groups in total. The lowest BCUT2D eigenvalue weighted by Gasteiger charge is -2.34. The fourth-order valence-electron chi connectivity index (χ4n) is 2.76. The highest BCUT2D eigenvalue weighted by atomic mass is 32.1. The number of hydrogen-bond donors (Lipinski definition) is 1. The molecule has 0 spiro atoms. The molecule has 1 aromatic heterocycles. The van der Waals surface area contributed by atoms with E-state index in [1.165, 1.54) is 37.0 Å². The van der Waals surface area contributed by atoms with E-state index in [4.69, 9.17) is 5.73 Å². The summed E-state index contributed by atoms with van der Waals surface area (Å²) < 4.78 is 0. The number of anilines is 1. The quantitative estimate of drug-likeness (QED) is 0.896. The summed E-state index contributed by atoms with van der Waals surface area (Å²) in [6, 6.07) is 0.665. The Morgan fingerprint density at radius 2 is 2.18 bits per heavy atom. The van der Waals surface area contributed by atoms with Gasteiger partial charge in [-0.05, 0) is 32.7 Å². The van der Waals surface area contributed by atoms with Crippen molar-refractivity contribution in [1.29, 1.82) is 0 Å². The normalized spacial score (nSPS) is 19.7. The highest BCUT2D eigenvalue weighted by Gasteiger charge is 2.23. The molecule has 1 saturated carbocycles. The molecule has 1 aliphatic carbocycles. The lowest BCUT2D eigenvalue weighted by atomic mass is 9.84. The first kappa shape index (κ1) is 12.8. The summed E-state index contributed by atoms with van der Waals surface area (Å²) in [5.74, 6) is 0.874. The van der Waals surface area contributed by atoms with Crippen molar-refractivity contribution >= 4 is 16.5 Å². The van der Waals surface area contributed by atoms with E-state index in [1.54, 1.807) is 11.3 Å². The number of thiazole rings is 1. The number of nitrogen functional groups attached to an aromatic ring is 1. The summed E-state index contributed by atoms with van der Waals surface area (Å²) in [7, 11) is 2.22. The summed E-state index contributed by atoms with van der Waals surface area (Å²) >= 11 is 1.61. The van der Waals surface area contributed by atoms with Crippen molar-refractivity contribution < 1.29 is 0 Å². The highest BCUT2D eigenvalue weighted by Crippen LogP contribution is 2.29. The van der Waals surface area contributed by atoms with Gasteiger partial charge in [-0.3, -0.25) is 4.90 Å². The summed E-state index contributed by atoms with van der Waals surface area (Å²) in [6.45, 7) is 3.34. The Labute approximate surface area is 108 Å². The van der Waals surface area contributed by atoms with Gasteiger partial charge in [-0.15, -0.1) is 11.3 Å². The second kappa shape index (κ2) is 5.83. The zero-order valence-electron chi connectivity index (χ0n) is 10.9. The van der Waals surface area contributed by atoms with Crippen molar-refractivity contribution in [3.63, 3.8) is 0 Å². The number of rotatable bonds is 4. The molecule has 0 aliphatic heterocycles. The van der Waals surface area contributed by atoms with Gasteiger partial charge in [-0.1, -0.05) is 19.3 Å². The van der Waals surface area contributed by atoms with Crippen LogP contribution in [-0.4, -0.2) is 23.0 Å². The minimum absolute atomic E-state index is 0.665. The van der Waals surface area contributed by atoms with Crippen LogP contribution in [0.1, 0.15) is 43.9 Å². The Morgan fingerprint density at radius 1 is 1.47 bits per heavy atom. The Kier molecular flexibility index (Phi) is 4.40. The van der Waals surface area contributed by atoms with Crippen molar-refractivity contribution in [1.82, 2.24) is 9.88 Å². The molecule has 1 heterocycles. The topological polar surface area (TPSA) is 42.2 Å². The van der Waals surface area contributed by atoms with E-state index in [2.05, 4.69) is 23.9 Å². The third-order valence-electron chi connectivity index (χ3n) is 4.00. The lowest BCUT2D eigenvalue weighted by molar-refractivity contribution is 0.152. The van der Waals surface area contributed by atoms with Crippen LogP contribution in [0.15, 0.2) is 6.20 Å². The fourth-order valence-corrected chi connectivity index (χ4v) is 3.51. The van der Waals surface area contributed by atoms with Crippen LogP contribution in [0.4, 0.5) is 5.13 Å². The zero-order valence-corrected chi connectivity index (χ0v) is 11.7. The molecule has 1 aliphatic rings. The number of nitrogens with zero attached hydrogens (tertiary/aromatic N) is 2. The monoisotopic (exact) mass is 253 g/mol. The molecule has 1 unspecified atom stereocenters. The summed E-state index contributed by atoms with van der Waals surface area (Å²) in [5.41, 5.74) is 5.66. The summed E-state index contributed by atoms with van der Waals surface area (Å²) in [6.07, 6.45) is 8.96. The SMILES string of the molecule is CC(C1CCCCC1)N(C)Cc1cnc(N)s1. The van der Waals surface area contributed by atoms with E-state index in [9.17, 15) is 0 Å². The van der Waals surface area contributed by atoms with Crippen molar-refractivity contribution in [2.45, 2.75) is 51.6 Å². The number of aromatic nitrogens is 1. The van der Waals surface area contributed by atoms with Crippen LogP contribution in [-0.2, 0) is 6.54 Å². The van der Waals surface area contributed by atoms with Crippen LogP contribution in [0.25, 0.3) is 0 Å². The summed E-state index contributed by atoms with van der Waals surface area (Å²) in [4.78, 5) is 7.83. The maximum atomic E-state index is 5.66. The number of hydrogen-bond acceptors (Lipinski definition) is 4. The predicted molar refractivity (Wildman–Crippen MR) is 74.0 cm³/mol. The van der Waals surface area contributed by atoms with E-state index in [0.29, 0.717) is 11.2 Å². The molecular formula is C13H23N3S. The minimum atomic E-state index is 0.665. The molecule has 0 bridgehead atoms. The molecule has 0 aromatic carbocycles. The largest absolute Gasteiger partial charge is 0.375 e. The van der Waals surface area contributed by atoms with Crippen LogP contribution in [0.5, 0.6) is 0 Å². The molecule has 0 amide bonds. The second-order valence-electron chi connectivity index (χ2n) is 5.22. The molecule has 17 heavy (non-hydrogen) atoms. The zero-order chi connectivity index (χ0) is 12.3. The molecule has 1 fully saturated rings. The van der Waals surface area contributed by atoms with Gasteiger partial charge >= 0.3 is 0 Å². The van der Waals surface area contributed by atoms with Gasteiger partial charge in [0, 0.05) is 23.7 Å². The molecule has 96 valence electrons. The van der Waals surface area contributed by atoms with Gasteiger partial charge in [0.1, 0.15) is 0 Å². The molecule has 2 rings (SSSR count). The fraction of sp³-hybridized carbons (Fsp3) is 0.769. The Balaban J connectivity index is 1.87. The van der Waals surface area contributed by atoms with Crippen LogP contribution in [0, 0.1) is 5.92 Å². The third kappa shape index (κ3) is 3.42. The maximum absolute atomic E-state index is 5.66. The standard InChI is InChI=1S/C13H23N3S/c1-10(11-6-4-3-5-7-11)16(2)9-12-8-15-13(14)17-12/h8,10-11H,3-7,9H2,1-2H3,(H2,14,15). The van der Waals surface area contributed by atoms with E-state index >= 15 is 0 Å². The van der Waals surface area contributed by atoms with E-state index < -0.39 is 0 Å². The van der Waals surface area contributed by atoms with Crippen LogP contribution in [0.2, 0.25) is 0 Å². The van der Waals surface area contributed by atoms with E-state index in [1.807, 2.05) is 6.20 Å². The first-order valence-electron chi connectivity index (χ1n) is 6.57. The lowest BCUT2D eigenvalue weighted by Crippen LogP contribution is -2.35. The first-order valence-corrected chi connectivity index (χ1v) is 7.39. The van der Waals surface area contributed by atoms with E-state index in [0.717, 1.165) is 12.5 Å². The Hall–Kier alpha value is -0.610. The van der Waals surface area contributed by atoms with Crippen LogP contribution in [0.3, 0.4) is 0 Å². The van der Waals surface area contributed by atoms with Gasteiger partial charge < -0.3 is 5.73 Å². The highest BCUT2D eigenvalue weighted by molar-refractivity contribution is 7.15. The van der Waals surface area contributed by atoms with Gasteiger partial charge in [0.25, 0.3) is 0 Å². The van der Waals surface area contributed by atoms with Crippen LogP contribution >= 0.6 is 11.3 Å². The molecule has 3 nitrogen and oxygen atoms in total. The van der Waals surface area contributed by atoms with Gasteiger partial charge in [0.2, 0.25) is 0 Å². The smallest absolute Gasteiger partial charge is 0.180 e. The van der Waals surface area contributed by atoms with Crippen molar-refractivity contribution in [3.05, 3.63) is 11.1 Å². The molecule has 1 aromatic rings. The molecule has 4 heteroatoms. The molecule has 0 radical (unpaired) electrons. The average Bonchev–Trinajstić information content (AvgIpc) is 2.75. The Morgan fingerprint density at radius 3 is 2.76 bits per heavy atom. The first-order chi connectivity index (χ1) is 8.16.